The second kappa shape index (κ2) is 3.81. The Hall–Kier alpha value is -1.71. The zero-order valence-corrected chi connectivity index (χ0v) is 8.91. The van der Waals surface area contributed by atoms with Crippen LogP contribution in [0.3, 0.4) is 0 Å². The highest BCUT2D eigenvalue weighted by atomic mass is 16.5. The Morgan fingerprint density at radius 1 is 1.53 bits per heavy atom. The van der Waals surface area contributed by atoms with Gasteiger partial charge in [0.05, 0.1) is 5.69 Å². The summed E-state index contributed by atoms with van der Waals surface area (Å²) >= 11 is 0. The van der Waals surface area contributed by atoms with Crippen molar-refractivity contribution in [2.45, 2.75) is 6.92 Å². The molecule has 1 aromatic carbocycles. The van der Waals surface area contributed by atoms with Crippen LogP contribution in [0.5, 0.6) is 5.75 Å². The average molecular weight is 206 g/mol. The van der Waals surface area contributed by atoms with Gasteiger partial charge in [0, 0.05) is 19.3 Å². The number of fused-ring (bicyclic) bond motifs is 1. The molecule has 4 heteroatoms. The van der Waals surface area contributed by atoms with Crippen molar-refractivity contribution < 1.29 is 9.53 Å². The lowest BCUT2D eigenvalue weighted by Gasteiger charge is -2.22. The van der Waals surface area contributed by atoms with Crippen molar-refractivity contribution in [3.05, 3.63) is 18.2 Å². The molecule has 0 spiro atoms. The summed E-state index contributed by atoms with van der Waals surface area (Å²) in [6.07, 6.45) is 0. The van der Waals surface area contributed by atoms with E-state index in [1.807, 2.05) is 25.2 Å². The monoisotopic (exact) mass is 206 g/mol. The Morgan fingerprint density at radius 3 is 3.07 bits per heavy atom. The fourth-order valence-electron chi connectivity index (χ4n) is 1.49. The number of carbonyl (C=O) groups excluding carboxylic acids is 1. The van der Waals surface area contributed by atoms with Crippen LogP contribution < -0.4 is 15.0 Å². The molecular formula is C11H14N2O2. The summed E-state index contributed by atoms with van der Waals surface area (Å²) in [5.74, 6) is 0.640. The first kappa shape index (κ1) is 9.83. The number of benzene rings is 1. The minimum absolute atomic E-state index is 0.0983. The smallest absolute Gasteiger partial charge is 0.262 e. The maximum Gasteiger partial charge on any atom is 0.262 e. The molecule has 1 aliphatic heterocycles. The predicted octanol–water partition coefficient (Wildman–Crippen LogP) is 1.47. The van der Waals surface area contributed by atoms with Crippen molar-refractivity contribution in [1.82, 2.24) is 0 Å². The summed E-state index contributed by atoms with van der Waals surface area (Å²) in [5, 5.41) is 2.79. The predicted molar refractivity (Wildman–Crippen MR) is 59.5 cm³/mol. The Kier molecular flexibility index (Phi) is 2.49. The minimum Gasteiger partial charge on any atom is -0.482 e. The molecule has 0 fully saturated rings. The van der Waals surface area contributed by atoms with Gasteiger partial charge >= 0.3 is 0 Å². The number of hydrogen-bond acceptors (Lipinski definition) is 3. The normalized spacial score (nSPS) is 13.9. The molecule has 0 saturated heterocycles. The standard InChI is InChI=1S/C11H14N2O2/c1-3-13(2)8-4-5-10-9(6-8)12-11(14)7-15-10/h4-6H,3,7H2,1-2H3,(H,12,14). The largest absolute Gasteiger partial charge is 0.482 e. The Labute approximate surface area is 88.8 Å². The maximum atomic E-state index is 11.1. The third-order valence-electron chi connectivity index (χ3n) is 2.51. The Bertz CT molecular complexity index is 390. The van der Waals surface area contributed by atoms with E-state index in [0.29, 0.717) is 0 Å². The van der Waals surface area contributed by atoms with E-state index in [0.717, 1.165) is 23.7 Å². The van der Waals surface area contributed by atoms with Crippen molar-refractivity contribution in [2.24, 2.45) is 0 Å². The van der Waals surface area contributed by atoms with Crippen LogP contribution in [-0.2, 0) is 4.79 Å². The molecule has 0 aromatic heterocycles. The van der Waals surface area contributed by atoms with Crippen LogP contribution in [0.1, 0.15) is 6.92 Å². The molecule has 1 aromatic rings. The van der Waals surface area contributed by atoms with E-state index in [-0.39, 0.29) is 12.5 Å². The van der Waals surface area contributed by atoms with Crippen LogP contribution in [-0.4, -0.2) is 26.1 Å². The van der Waals surface area contributed by atoms with Crippen LogP contribution in [0.4, 0.5) is 11.4 Å². The van der Waals surface area contributed by atoms with Gasteiger partial charge < -0.3 is 15.0 Å². The fourth-order valence-corrected chi connectivity index (χ4v) is 1.49. The highest BCUT2D eigenvalue weighted by molar-refractivity contribution is 5.96. The number of nitrogens with zero attached hydrogens (tertiary/aromatic N) is 1. The van der Waals surface area contributed by atoms with Crippen LogP contribution >= 0.6 is 0 Å². The summed E-state index contributed by atoms with van der Waals surface area (Å²) < 4.78 is 5.27. The van der Waals surface area contributed by atoms with Crippen molar-refractivity contribution in [1.29, 1.82) is 0 Å². The van der Waals surface area contributed by atoms with Gasteiger partial charge in [-0.25, -0.2) is 0 Å². The number of ether oxygens (including phenoxy) is 1. The van der Waals surface area contributed by atoms with Gasteiger partial charge in [0.2, 0.25) is 0 Å². The third-order valence-corrected chi connectivity index (χ3v) is 2.51. The van der Waals surface area contributed by atoms with Gasteiger partial charge in [-0.15, -0.1) is 0 Å². The third kappa shape index (κ3) is 1.88. The van der Waals surface area contributed by atoms with E-state index in [1.54, 1.807) is 0 Å². The second-order valence-electron chi connectivity index (χ2n) is 3.53. The van der Waals surface area contributed by atoms with Gasteiger partial charge in [0.15, 0.2) is 6.61 Å². The molecule has 1 heterocycles. The fraction of sp³-hybridized carbons (Fsp3) is 0.364. The Morgan fingerprint density at radius 2 is 2.33 bits per heavy atom. The summed E-state index contributed by atoms with van der Waals surface area (Å²) in [6.45, 7) is 3.11. The molecule has 0 radical (unpaired) electrons. The first-order chi connectivity index (χ1) is 7.20. The van der Waals surface area contributed by atoms with E-state index in [4.69, 9.17) is 4.74 Å². The lowest BCUT2D eigenvalue weighted by molar-refractivity contribution is -0.118. The van der Waals surface area contributed by atoms with Crippen LogP contribution in [0, 0.1) is 0 Å². The van der Waals surface area contributed by atoms with Gasteiger partial charge in [0.1, 0.15) is 5.75 Å². The second-order valence-corrected chi connectivity index (χ2v) is 3.53. The number of carbonyl (C=O) groups is 1. The minimum atomic E-state index is -0.0983. The molecule has 4 nitrogen and oxygen atoms in total. The van der Waals surface area contributed by atoms with E-state index in [2.05, 4.69) is 17.1 Å². The quantitative estimate of drug-likeness (QED) is 0.796. The number of nitrogens with one attached hydrogen (secondary N) is 1. The van der Waals surface area contributed by atoms with Gasteiger partial charge in [-0.3, -0.25) is 4.79 Å². The molecule has 1 aliphatic rings. The van der Waals surface area contributed by atoms with Crippen molar-refractivity contribution in [2.75, 3.05) is 30.4 Å². The summed E-state index contributed by atoms with van der Waals surface area (Å²) in [4.78, 5) is 13.2. The lowest BCUT2D eigenvalue weighted by atomic mass is 10.2. The number of anilines is 2. The first-order valence-corrected chi connectivity index (χ1v) is 4.98. The van der Waals surface area contributed by atoms with E-state index in [1.165, 1.54) is 0 Å². The first-order valence-electron chi connectivity index (χ1n) is 4.98. The van der Waals surface area contributed by atoms with Gasteiger partial charge in [0.25, 0.3) is 5.91 Å². The molecular weight excluding hydrogens is 192 g/mol. The molecule has 2 rings (SSSR count). The highest BCUT2D eigenvalue weighted by Gasteiger charge is 2.16. The molecule has 0 saturated carbocycles. The van der Waals surface area contributed by atoms with Gasteiger partial charge in [-0.2, -0.15) is 0 Å². The SMILES string of the molecule is CCN(C)c1ccc2c(c1)NC(=O)CO2. The molecule has 0 bridgehead atoms. The van der Waals surface area contributed by atoms with Gasteiger partial charge in [-0.05, 0) is 25.1 Å². The average Bonchev–Trinajstić information content (AvgIpc) is 2.27. The van der Waals surface area contributed by atoms with Crippen molar-refractivity contribution in [3.8, 4) is 5.75 Å². The van der Waals surface area contributed by atoms with Crippen LogP contribution in [0.15, 0.2) is 18.2 Å². The summed E-state index contributed by atoms with van der Waals surface area (Å²) in [5.41, 5.74) is 1.83. The van der Waals surface area contributed by atoms with E-state index in [9.17, 15) is 4.79 Å². The summed E-state index contributed by atoms with van der Waals surface area (Å²) in [6, 6.07) is 5.80. The molecule has 1 N–H and O–H groups in total. The van der Waals surface area contributed by atoms with Crippen LogP contribution in [0.25, 0.3) is 0 Å². The Balaban J connectivity index is 2.32. The van der Waals surface area contributed by atoms with Crippen molar-refractivity contribution >= 4 is 17.3 Å². The summed E-state index contributed by atoms with van der Waals surface area (Å²) in [7, 11) is 2.01. The zero-order chi connectivity index (χ0) is 10.8. The number of amides is 1. The molecule has 80 valence electrons. The van der Waals surface area contributed by atoms with Crippen LogP contribution in [0.2, 0.25) is 0 Å². The van der Waals surface area contributed by atoms with Gasteiger partial charge in [-0.1, -0.05) is 0 Å². The maximum absolute atomic E-state index is 11.1. The molecule has 0 unspecified atom stereocenters. The van der Waals surface area contributed by atoms with Crippen molar-refractivity contribution in [3.63, 3.8) is 0 Å². The number of hydrogen-bond donors (Lipinski definition) is 1. The zero-order valence-electron chi connectivity index (χ0n) is 8.91. The topological polar surface area (TPSA) is 41.6 Å². The molecule has 0 aliphatic carbocycles. The highest BCUT2D eigenvalue weighted by Crippen LogP contribution is 2.31. The molecule has 0 atom stereocenters. The molecule has 15 heavy (non-hydrogen) atoms. The van der Waals surface area contributed by atoms with E-state index < -0.39 is 0 Å². The lowest BCUT2D eigenvalue weighted by Crippen LogP contribution is -2.25. The molecule has 1 amide bonds. The number of rotatable bonds is 2. The van der Waals surface area contributed by atoms with E-state index >= 15 is 0 Å².